The van der Waals surface area contributed by atoms with Gasteiger partial charge in [-0.1, -0.05) is 6.08 Å². The molecule has 0 aromatic carbocycles. The number of hydrogen-bond donors (Lipinski definition) is 2. The second-order valence-corrected chi connectivity index (χ2v) is 3.61. The fraction of sp³-hybridized carbons (Fsp3) is 0.700. The lowest BCUT2D eigenvalue weighted by molar-refractivity contribution is -0.147. The third-order valence-corrected chi connectivity index (χ3v) is 1.65. The van der Waals surface area contributed by atoms with Crippen LogP contribution in [0.25, 0.3) is 0 Å². The monoisotopic (exact) mass is 218 g/mol. The molecule has 88 valence electrons. The van der Waals surface area contributed by atoms with Crippen molar-refractivity contribution >= 4 is 5.97 Å². The molecule has 0 aromatic heterocycles. The van der Waals surface area contributed by atoms with Gasteiger partial charge in [-0.25, -0.2) is 0 Å². The third kappa shape index (κ3) is 6.22. The van der Waals surface area contributed by atoms with Gasteiger partial charge in [0.05, 0.1) is 6.61 Å². The van der Waals surface area contributed by atoms with E-state index >= 15 is 0 Å². The second-order valence-electron chi connectivity index (χ2n) is 3.61. The molecule has 2 atom stereocenters. The van der Waals surface area contributed by atoms with Crippen LogP contribution < -0.4 is 0 Å². The molecule has 15 heavy (non-hydrogen) atoms. The Kier molecular flexibility index (Phi) is 5.49. The third-order valence-electron chi connectivity index (χ3n) is 1.65. The van der Waals surface area contributed by atoms with E-state index in [-0.39, 0.29) is 6.10 Å². The van der Waals surface area contributed by atoms with Gasteiger partial charge in [0, 0.05) is 6.92 Å². The average molecular weight is 218 g/mol. The number of carboxylic acids is 1. The average Bonchev–Trinajstić information content (AvgIpc) is 2.44. The Morgan fingerprint density at radius 1 is 1.67 bits per heavy atom. The maximum absolute atomic E-state index is 9.27. The first kappa shape index (κ1) is 14.1. The molecule has 1 rings (SSSR count). The van der Waals surface area contributed by atoms with E-state index in [1.807, 2.05) is 13.8 Å². The molecule has 1 aliphatic heterocycles. The van der Waals surface area contributed by atoms with Crippen molar-refractivity contribution in [3.05, 3.63) is 12.7 Å². The fourth-order valence-electron chi connectivity index (χ4n) is 1.04. The summed E-state index contributed by atoms with van der Waals surface area (Å²) in [6.07, 6.45) is 0.564. The van der Waals surface area contributed by atoms with E-state index < -0.39 is 17.9 Å². The smallest absolute Gasteiger partial charge is 0.300 e. The molecule has 1 heterocycles. The molecule has 5 heteroatoms. The molecule has 1 aliphatic rings. The lowest BCUT2D eigenvalue weighted by Crippen LogP contribution is -2.28. The first-order valence-corrected chi connectivity index (χ1v) is 4.60. The van der Waals surface area contributed by atoms with Crippen LogP contribution in [0.5, 0.6) is 0 Å². The summed E-state index contributed by atoms with van der Waals surface area (Å²) in [4.78, 5) is 9.00. The Balaban J connectivity index is 0.000000423. The van der Waals surface area contributed by atoms with Crippen LogP contribution in [-0.4, -0.2) is 40.8 Å². The molecule has 0 amide bonds. The molecule has 5 nitrogen and oxygen atoms in total. The first-order valence-electron chi connectivity index (χ1n) is 4.60. The van der Waals surface area contributed by atoms with E-state index in [0.29, 0.717) is 6.61 Å². The van der Waals surface area contributed by atoms with E-state index in [9.17, 15) is 5.11 Å². The SMILES string of the molecule is C=CC(O)C1COC(C)(C)O1.CC(=O)O. The Hall–Kier alpha value is -0.910. The molecule has 2 unspecified atom stereocenters. The fourth-order valence-corrected chi connectivity index (χ4v) is 1.04. The number of carbonyl (C=O) groups is 1. The van der Waals surface area contributed by atoms with Gasteiger partial charge in [0.15, 0.2) is 5.79 Å². The van der Waals surface area contributed by atoms with Crippen LogP contribution in [0.4, 0.5) is 0 Å². The predicted molar refractivity (Wildman–Crippen MR) is 54.4 cm³/mol. The quantitative estimate of drug-likeness (QED) is 0.670. The molecule has 0 spiro atoms. The summed E-state index contributed by atoms with van der Waals surface area (Å²) in [7, 11) is 0. The van der Waals surface area contributed by atoms with Gasteiger partial charge in [0.25, 0.3) is 5.97 Å². The van der Waals surface area contributed by atoms with Gasteiger partial charge >= 0.3 is 0 Å². The topological polar surface area (TPSA) is 76.0 Å². The largest absolute Gasteiger partial charge is 0.481 e. The number of aliphatic hydroxyl groups excluding tert-OH is 1. The Morgan fingerprint density at radius 2 is 2.13 bits per heavy atom. The summed E-state index contributed by atoms with van der Waals surface area (Å²) < 4.78 is 10.6. The van der Waals surface area contributed by atoms with Crippen molar-refractivity contribution in [2.75, 3.05) is 6.61 Å². The Bertz CT molecular complexity index is 220. The molecule has 0 radical (unpaired) electrons. The molecule has 0 saturated carbocycles. The summed E-state index contributed by atoms with van der Waals surface area (Å²) in [6, 6.07) is 0. The van der Waals surface area contributed by atoms with Crippen molar-refractivity contribution in [3.63, 3.8) is 0 Å². The van der Waals surface area contributed by atoms with Crippen molar-refractivity contribution in [2.24, 2.45) is 0 Å². The Morgan fingerprint density at radius 3 is 2.40 bits per heavy atom. The lowest BCUT2D eigenvalue weighted by Gasteiger charge is -2.18. The van der Waals surface area contributed by atoms with Gasteiger partial charge < -0.3 is 19.7 Å². The molecule has 1 saturated heterocycles. The molecule has 0 bridgehead atoms. The van der Waals surface area contributed by atoms with Gasteiger partial charge in [-0.15, -0.1) is 6.58 Å². The van der Waals surface area contributed by atoms with E-state index in [1.165, 1.54) is 6.08 Å². The number of aliphatic carboxylic acids is 1. The number of carboxylic acid groups (broad SMARTS) is 1. The lowest BCUT2D eigenvalue weighted by atomic mass is 10.2. The van der Waals surface area contributed by atoms with E-state index in [1.54, 1.807) is 0 Å². The summed E-state index contributed by atoms with van der Waals surface area (Å²) in [5.41, 5.74) is 0. The summed E-state index contributed by atoms with van der Waals surface area (Å²) in [6.45, 7) is 8.63. The zero-order valence-corrected chi connectivity index (χ0v) is 9.27. The zero-order chi connectivity index (χ0) is 12.1. The zero-order valence-electron chi connectivity index (χ0n) is 9.27. The van der Waals surface area contributed by atoms with Gasteiger partial charge in [-0.2, -0.15) is 0 Å². The molecule has 0 aliphatic carbocycles. The maximum Gasteiger partial charge on any atom is 0.300 e. The van der Waals surface area contributed by atoms with Crippen LogP contribution in [0.3, 0.4) is 0 Å². The number of aliphatic hydroxyl groups is 1. The van der Waals surface area contributed by atoms with Crippen molar-refractivity contribution in [1.82, 2.24) is 0 Å². The Labute approximate surface area is 89.3 Å². The molecule has 0 aromatic rings. The van der Waals surface area contributed by atoms with Gasteiger partial charge in [0.2, 0.25) is 0 Å². The van der Waals surface area contributed by atoms with Gasteiger partial charge in [-0.3, -0.25) is 4.79 Å². The van der Waals surface area contributed by atoms with Gasteiger partial charge in [-0.05, 0) is 13.8 Å². The minimum absolute atomic E-state index is 0.262. The summed E-state index contributed by atoms with van der Waals surface area (Å²) in [5.74, 6) is -1.39. The van der Waals surface area contributed by atoms with Gasteiger partial charge in [0.1, 0.15) is 12.2 Å². The van der Waals surface area contributed by atoms with Crippen LogP contribution in [0, 0.1) is 0 Å². The minimum Gasteiger partial charge on any atom is -0.481 e. The number of hydrogen-bond acceptors (Lipinski definition) is 4. The number of ether oxygens (including phenoxy) is 2. The highest BCUT2D eigenvalue weighted by atomic mass is 16.7. The molecule has 2 N–H and O–H groups in total. The summed E-state index contributed by atoms with van der Waals surface area (Å²) >= 11 is 0. The maximum atomic E-state index is 9.27. The van der Waals surface area contributed by atoms with E-state index in [4.69, 9.17) is 19.4 Å². The normalized spacial score (nSPS) is 24.9. The standard InChI is InChI=1S/C8H14O3.C2H4O2/c1-4-6(9)7-5-10-8(2,3)11-7;1-2(3)4/h4,6-7,9H,1,5H2,2-3H3;1H3,(H,3,4). The van der Waals surface area contributed by atoms with E-state index in [0.717, 1.165) is 6.92 Å². The van der Waals surface area contributed by atoms with Crippen molar-refractivity contribution in [1.29, 1.82) is 0 Å². The van der Waals surface area contributed by atoms with Crippen molar-refractivity contribution in [2.45, 2.75) is 38.8 Å². The van der Waals surface area contributed by atoms with Crippen molar-refractivity contribution in [3.8, 4) is 0 Å². The van der Waals surface area contributed by atoms with Crippen LogP contribution in [0.15, 0.2) is 12.7 Å². The second kappa shape index (κ2) is 5.85. The minimum atomic E-state index is -0.833. The predicted octanol–water partition coefficient (Wildman–Crippen LogP) is 0.776. The number of rotatable bonds is 2. The highest BCUT2D eigenvalue weighted by molar-refractivity contribution is 5.62. The van der Waals surface area contributed by atoms with Crippen LogP contribution in [-0.2, 0) is 14.3 Å². The highest BCUT2D eigenvalue weighted by Crippen LogP contribution is 2.24. The van der Waals surface area contributed by atoms with Crippen LogP contribution in [0.2, 0.25) is 0 Å². The molecular weight excluding hydrogens is 200 g/mol. The molecular formula is C10H18O5. The van der Waals surface area contributed by atoms with Crippen LogP contribution in [0.1, 0.15) is 20.8 Å². The molecule has 1 fully saturated rings. The summed E-state index contributed by atoms with van der Waals surface area (Å²) in [5, 5.41) is 16.7. The van der Waals surface area contributed by atoms with Crippen molar-refractivity contribution < 1.29 is 24.5 Å². The first-order chi connectivity index (χ1) is 6.78. The highest BCUT2D eigenvalue weighted by Gasteiger charge is 2.35. The van der Waals surface area contributed by atoms with E-state index in [2.05, 4.69) is 6.58 Å². The van der Waals surface area contributed by atoms with Crippen LogP contribution >= 0.6 is 0 Å².